The maximum Gasteiger partial charge on any atom is 0.407 e. The molecular weight excluding hydrogens is 444 g/mol. The third kappa shape index (κ3) is 6.62. The van der Waals surface area contributed by atoms with Gasteiger partial charge in [0.05, 0.1) is 0 Å². The van der Waals surface area contributed by atoms with Crippen molar-refractivity contribution in [3.8, 4) is 11.1 Å². The Morgan fingerprint density at radius 2 is 1.54 bits per heavy atom. The number of aliphatic carboxylic acids is 1. The fourth-order valence-corrected chi connectivity index (χ4v) is 4.52. The molecule has 0 aromatic heterocycles. The molecule has 1 aliphatic rings. The van der Waals surface area contributed by atoms with Gasteiger partial charge in [0.2, 0.25) is 5.91 Å². The number of hydrogen-bond donors (Lipinski definition) is 3. The maximum absolute atomic E-state index is 13.0. The standard InChI is InChI=1S/C28H36N2O5/c1-4-6-15-24(27(32)33)29-26(31)25(16-18(3)5-2)30-28(34)35-17-23-21-13-9-7-11-19(21)20-12-8-10-14-22(20)23/h7-14,18,23-25H,4-6,15-17H2,1-3H3,(H,29,31)(H,30,34)(H,32,33). The molecule has 7 heteroatoms. The van der Waals surface area contributed by atoms with Crippen LogP contribution in [0.1, 0.15) is 69.9 Å². The Balaban J connectivity index is 1.67. The SMILES string of the molecule is CCCCC(NC(=O)C(CC(C)CC)NC(=O)OCC1c2ccccc2-c2ccccc21)C(=O)O. The molecule has 188 valence electrons. The zero-order valence-electron chi connectivity index (χ0n) is 20.8. The largest absolute Gasteiger partial charge is 0.480 e. The van der Waals surface area contributed by atoms with Gasteiger partial charge in [-0.2, -0.15) is 0 Å². The van der Waals surface area contributed by atoms with Crippen LogP contribution in [0, 0.1) is 5.92 Å². The van der Waals surface area contributed by atoms with Crippen molar-refractivity contribution < 1.29 is 24.2 Å². The second kappa shape index (κ2) is 12.4. The van der Waals surface area contributed by atoms with Crippen LogP contribution in [-0.2, 0) is 14.3 Å². The highest BCUT2D eigenvalue weighted by atomic mass is 16.5. The van der Waals surface area contributed by atoms with Crippen LogP contribution in [0.2, 0.25) is 0 Å². The third-order valence-corrected chi connectivity index (χ3v) is 6.75. The molecule has 0 saturated heterocycles. The van der Waals surface area contributed by atoms with Crippen molar-refractivity contribution in [1.29, 1.82) is 0 Å². The van der Waals surface area contributed by atoms with Crippen molar-refractivity contribution in [2.24, 2.45) is 5.92 Å². The zero-order chi connectivity index (χ0) is 25.4. The predicted molar refractivity (Wildman–Crippen MR) is 135 cm³/mol. The Labute approximate surface area is 207 Å². The fourth-order valence-electron chi connectivity index (χ4n) is 4.52. The van der Waals surface area contributed by atoms with E-state index in [2.05, 4.69) is 22.8 Å². The van der Waals surface area contributed by atoms with E-state index in [0.29, 0.717) is 19.3 Å². The molecule has 0 bridgehead atoms. The van der Waals surface area contributed by atoms with Crippen molar-refractivity contribution in [2.45, 2.75) is 70.9 Å². The van der Waals surface area contributed by atoms with Crippen LogP contribution in [0.25, 0.3) is 11.1 Å². The lowest BCUT2D eigenvalue weighted by Crippen LogP contribution is -2.52. The minimum absolute atomic E-state index is 0.0829. The summed E-state index contributed by atoms with van der Waals surface area (Å²) in [5.74, 6) is -1.49. The number of alkyl carbamates (subject to hydrolysis) is 1. The van der Waals surface area contributed by atoms with E-state index in [1.807, 2.05) is 57.2 Å². The monoisotopic (exact) mass is 480 g/mol. The first-order chi connectivity index (χ1) is 16.8. The van der Waals surface area contributed by atoms with Crippen LogP contribution >= 0.6 is 0 Å². The summed E-state index contributed by atoms with van der Waals surface area (Å²) in [6.07, 6.45) is 2.40. The van der Waals surface area contributed by atoms with E-state index in [1.165, 1.54) is 0 Å². The van der Waals surface area contributed by atoms with Gasteiger partial charge in [-0.25, -0.2) is 9.59 Å². The van der Waals surface area contributed by atoms with Gasteiger partial charge in [0, 0.05) is 5.92 Å². The molecule has 3 rings (SSSR count). The van der Waals surface area contributed by atoms with Gasteiger partial charge in [-0.15, -0.1) is 0 Å². The number of unbranched alkanes of at least 4 members (excludes halogenated alkanes) is 1. The number of nitrogens with one attached hydrogen (secondary N) is 2. The molecule has 3 atom stereocenters. The molecular formula is C28H36N2O5. The number of carbonyl (C=O) groups excluding carboxylic acids is 2. The van der Waals surface area contributed by atoms with E-state index in [1.54, 1.807) is 0 Å². The van der Waals surface area contributed by atoms with Gasteiger partial charge < -0.3 is 20.5 Å². The zero-order valence-corrected chi connectivity index (χ0v) is 20.8. The number of carboxylic acids is 1. The summed E-state index contributed by atoms with van der Waals surface area (Å²) < 4.78 is 5.61. The van der Waals surface area contributed by atoms with E-state index in [0.717, 1.165) is 35.1 Å². The molecule has 2 amide bonds. The number of carbonyl (C=O) groups is 3. The van der Waals surface area contributed by atoms with Gasteiger partial charge in [0.25, 0.3) is 0 Å². The molecule has 2 aromatic rings. The van der Waals surface area contributed by atoms with Crippen LogP contribution in [0.15, 0.2) is 48.5 Å². The average Bonchev–Trinajstić information content (AvgIpc) is 3.18. The molecule has 0 heterocycles. The van der Waals surface area contributed by atoms with Crippen molar-refractivity contribution in [3.63, 3.8) is 0 Å². The van der Waals surface area contributed by atoms with Gasteiger partial charge in [0.15, 0.2) is 0 Å². The Kier molecular flexibility index (Phi) is 9.29. The van der Waals surface area contributed by atoms with E-state index < -0.39 is 30.1 Å². The first kappa shape index (κ1) is 26.3. The highest BCUT2D eigenvalue weighted by molar-refractivity contribution is 5.89. The van der Waals surface area contributed by atoms with Gasteiger partial charge >= 0.3 is 12.1 Å². The van der Waals surface area contributed by atoms with Gasteiger partial charge in [0.1, 0.15) is 18.7 Å². The number of benzene rings is 2. The van der Waals surface area contributed by atoms with E-state index in [9.17, 15) is 19.5 Å². The van der Waals surface area contributed by atoms with Crippen molar-refractivity contribution >= 4 is 18.0 Å². The molecule has 0 aliphatic heterocycles. The molecule has 7 nitrogen and oxygen atoms in total. The molecule has 3 N–H and O–H groups in total. The van der Waals surface area contributed by atoms with Gasteiger partial charge in [-0.1, -0.05) is 88.6 Å². The molecule has 0 fully saturated rings. The number of rotatable bonds is 12. The topological polar surface area (TPSA) is 105 Å². The van der Waals surface area contributed by atoms with Crippen LogP contribution in [0.4, 0.5) is 4.79 Å². The minimum atomic E-state index is -1.07. The number of ether oxygens (including phenoxy) is 1. The summed E-state index contributed by atoms with van der Waals surface area (Å²) in [5, 5.41) is 14.8. The van der Waals surface area contributed by atoms with E-state index in [4.69, 9.17) is 4.74 Å². The van der Waals surface area contributed by atoms with E-state index in [-0.39, 0.29) is 18.4 Å². The Bertz CT molecular complexity index is 992. The highest BCUT2D eigenvalue weighted by Gasteiger charge is 2.31. The van der Waals surface area contributed by atoms with Crippen LogP contribution in [0.5, 0.6) is 0 Å². The number of carboxylic acid groups (broad SMARTS) is 1. The number of amides is 2. The van der Waals surface area contributed by atoms with Gasteiger partial charge in [-0.05, 0) is 41.0 Å². The number of fused-ring (bicyclic) bond motifs is 3. The third-order valence-electron chi connectivity index (χ3n) is 6.75. The average molecular weight is 481 g/mol. The molecule has 0 spiro atoms. The summed E-state index contributed by atoms with van der Waals surface area (Å²) in [4.78, 5) is 37.3. The van der Waals surface area contributed by atoms with Crippen molar-refractivity contribution in [3.05, 3.63) is 59.7 Å². The second-order valence-corrected chi connectivity index (χ2v) is 9.31. The molecule has 35 heavy (non-hydrogen) atoms. The lowest BCUT2D eigenvalue weighted by molar-refractivity contribution is -0.142. The quantitative estimate of drug-likeness (QED) is 0.392. The number of hydrogen-bond acceptors (Lipinski definition) is 4. The Morgan fingerprint density at radius 1 is 0.943 bits per heavy atom. The lowest BCUT2D eigenvalue weighted by Gasteiger charge is -2.23. The second-order valence-electron chi connectivity index (χ2n) is 9.31. The minimum Gasteiger partial charge on any atom is -0.480 e. The maximum atomic E-state index is 13.0. The highest BCUT2D eigenvalue weighted by Crippen LogP contribution is 2.44. The molecule has 3 unspecified atom stereocenters. The van der Waals surface area contributed by atoms with Crippen molar-refractivity contribution in [2.75, 3.05) is 6.61 Å². The predicted octanol–water partition coefficient (Wildman–Crippen LogP) is 5.09. The lowest BCUT2D eigenvalue weighted by atomic mass is 9.98. The van der Waals surface area contributed by atoms with Crippen LogP contribution < -0.4 is 10.6 Å². The Hall–Kier alpha value is -3.35. The molecule has 0 radical (unpaired) electrons. The fraction of sp³-hybridized carbons (Fsp3) is 0.464. The molecule has 2 aromatic carbocycles. The summed E-state index contributed by atoms with van der Waals surface area (Å²) >= 11 is 0. The first-order valence-electron chi connectivity index (χ1n) is 12.5. The summed E-state index contributed by atoms with van der Waals surface area (Å²) in [7, 11) is 0. The smallest absolute Gasteiger partial charge is 0.407 e. The molecule has 1 aliphatic carbocycles. The van der Waals surface area contributed by atoms with Gasteiger partial charge in [-0.3, -0.25) is 4.79 Å². The summed E-state index contributed by atoms with van der Waals surface area (Å²) in [5.41, 5.74) is 4.49. The van der Waals surface area contributed by atoms with E-state index >= 15 is 0 Å². The van der Waals surface area contributed by atoms with Crippen molar-refractivity contribution in [1.82, 2.24) is 10.6 Å². The normalized spacial score (nSPS) is 14.8. The first-order valence-corrected chi connectivity index (χ1v) is 12.5. The Morgan fingerprint density at radius 3 is 2.09 bits per heavy atom. The van der Waals surface area contributed by atoms with Crippen LogP contribution in [0.3, 0.4) is 0 Å². The summed E-state index contributed by atoms with van der Waals surface area (Å²) in [6.45, 7) is 6.11. The molecule has 0 saturated carbocycles. The summed E-state index contributed by atoms with van der Waals surface area (Å²) in [6, 6.07) is 14.3. The van der Waals surface area contributed by atoms with Crippen LogP contribution in [-0.4, -0.2) is 41.8 Å².